The molecule has 2 heteroatoms. The third-order valence-corrected chi connectivity index (χ3v) is 3.47. The highest BCUT2D eigenvalue weighted by atomic mass is 15.1. The Balaban J connectivity index is 3.72. The second kappa shape index (κ2) is 9.00. The lowest BCUT2D eigenvalue weighted by molar-refractivity contribution is 0.287. The topological polar surface area (TPSA) is 15.3 Å². The fraction of sp³-hybridized carbons (Fsp3) is 1.00. The van der Waals surface area contributed by atoms with Gasteiger partial charge in [-0.2, -0.15) is 0 Å². The molecule has 0 rings (SSSR count). The Labute approximate surface area is 103 Å². The van der Waals surface area contributed by atoms with Crippen LogP contribution in [-0.4, -0.2) is 37.6 Å². The summed E-state index contributed by atoms with van der Waals surface area (Å²) in [4.78, 5) is 2.24. The molecule has 0 aliphatic carbocycles. The Morgan fingerprint density at radius 1 is 1.06 bits per heavy atom. The first-order valence-corrected chi connectivity index (χ1v) is 6.94. The molecule has 1 unspecified atom stereocenters. The van der Waals surface area contributed by atoms with Crippen molar-refractivity contribution in [2.45, 2.75) is 64.8 Å². The molecule has 2 nitrogen and oxygen atoms in total. The van der Waals surface area contributed by atoms with Gasteiger partial charge in [-0.3, -0.25) is 0 Å². The van der Waals surface area contributed by atoms with Gasteiger partial charge in [0, 0.05) is 18.6 Å². The lowest BCUT2D eigenvalue weighted by atomic mass is 9.91. The van der Waals surface area contributed by atoms with E-state index in [1.807, 2.05) is 0 Å². The Bertz CT molecular complexity index is 157. The van der Waals surface area contributed by atoms with Crippen molar-refractivity contribution in [2.24, 2.45) is 0 Å². The van der Waals surface area contributed by atoms with Crippen LogP contribution in [0.25, 0.3) is 0 Å². The molecule has 0 saturated heterocycles. The number of hydrogen-bond donors (Lipinski definition) is 1. The fourth-order valence-corrected chi connectivity index (χ4v) is 1.91. The van der Waals surface area contributed by atoms with Crippen molar-refractivity contribution in [2.75, 3.05) is 27.2 Å². The maximum atomic E-state index is 3.71. The molecule has 1 atom stereocenters. The van der Waals surface area contributed by atoms with Crippen LogP contribution in [0, 0.1) is 0 Å². The van der Waals surface area contributed by atoms with Gasteiger partial charge in [-0.25, -0.2) is 0 Å². The largest absolute Gasteiger partial charge is 0.310 e. The molecule has 0 aromatic carbocycles. The van der Waals surface area contributed by atoms with E-state index >= 15 is 0 Å². The summed E-state index contributed by atoms with van der Waals surface area (Å²) in [5.74, 6) is 0. The van der Waals surface area contributed by atoms with Gasteiger partial charge >= 0.3 is 0 Å². The molecule has 0 aliphatic rings. The molecule has 0 spiro atoms. The second-order valence-electron chi connectivity index (χ2n) is 5.45. The summed E-state index contributed by atoms with van der Waals surface area (Å²) in [6, 6.07) is 0. The Kier molecular flexibility index (Phi) is 8.96. The lowest BCUT2D eigenvalue weighted by Gasteiger charge is -2.30. The number of nitrogens with one attached hydrogen (secondary N) is 1. The van der Waals surface area contributed by atoms with E-state index in [4.69, 9.17) is 0 Å². The van der Waals surface area contributed by atoms with Crippen molar-refractivity contribution in [1.82, 2.24) is 10.2 Å². The number of likely N-dealkylation sites (N-methyl/N-ethyl adjacent to an activating group) is 1. The molecule has 98 valence electrons. The van der Waals surface area contributed by atoms with Gasteiger partial charge in [0.05, 0.1) is 0 Å². The molecule has 0 bridgehead atoms. The third kappa shape index (κ3) is 8.12. The van der Waals surface area contributed by atoms with Gasteiger partial charge in [-0.1, -0.05) is 39.5 Å². The summed E-state index contributed by atoms with van der Waals surface area (Å²) >= 11 is 0. The monoisotopic (exact) mass is 228 g/mol. The van der Waals surface area contributed by atoms with Crippen molar-refractivity contribution in [3.8, 4) is 0 Å². The van der Waals surface area contributed by atoms with Crippen LogP contribution in [0.3, 0.4) is 0 Å². The first kappa shape index (κ1) is 15.9. The molecular weight excluding hydrogens is 196 g/mol. The summed E-state index contributed by atoms with van der Waals surface area (Å²) in [7, 11) is 4.26. The van der Waals surface area contributed by atoms with Gasteiger partial charge in [-0.15, -0.1) is 0 Å². The molecule has 0 aromatic heterocycles. The molecule has 16 heavy (non-hydrogen) atoms. The zero-order chi connectivity index (χ0) is 12.4. The van der Waals surface area contributed by atoms with E-state index in [-0.39, 0.29) is 0 Å². The fourth-order valence-electron chi connectivity index (χ4n) is 1.91. The van der Waals surface area contributed by atoms with Crippen molar-refractivity contribution < 1.29 is 0 Å². The van der Waals surface area contributed by atoms with Crippen LogP contribution in [0.2, 0.25) is 0 Å². The maximum Gasteiger partial charge on any atom is 0.0151 e. The van der Waals surface area contributed by atoms with Gasteiger partial charge in [0.1, 0.15) is 0 Å². The lowest BCUT2D eigenvalue weighted by Crippen LogP contribution is -2.44. The molecule has 0 radical (unpaired) electrons. The standard InChI is InChI=1S/C14H32N2/c1-6-8-9-10-11-14(3,7-2)15-12-13-16(4)5/h15H,6-13H2,1-5H3. The summed E-state index contributed by atoms with van der Waals surface area (Å²) in [5.41, 5.74) is 0.351. The highest BCUT2D eigenvalue weighted by Crippen LogP contribution is 2.18. The first-order valence-electron chi connectivity index (χ1n) is 6.94. The molecule has 0 saturated carbocycles. The van der Waals surface area contributed by atoms with E-state index in [0.29, 0.717) is 5.54 Å². The van der Waals surface area contributed by atoms with E-state index in [9.17, 15) is 0 Å². The van der Waals surface area contributed by atoms with Gasteiger partial charge in [-0.05, 0) is 33.9 Å². The van der Waals surface area contributed by atoms with Crippen molar-refractivity contribution in [3.63, 3.8) is 0 Å². The van der Waals surface area contributed by atoms with Gasteiger partial charge in [0.2, 0.25) is 0 Å². The maximum absolute atomic E-state index is 3.71. The first-order chi connectivity index (χ1) is 7.54. The Hall–Kier alpha value is -0.0800. The van der Waals surface area contributed by atoms with Crippen LogP contribution in [0.4, 0.5) is 0 Å². The third-order valence-electron chi connectivity index (χ3n) is 3.47. The average molecular weight is 228 g/mol. The zero-order valence-corrected chi connectivity index (χ0v) is 12.1. The van der Waals surface area contributed by atoms with Gasteiger partial charge in [0.25, 0.3) is 0 Å². The van der Waals surface area contributed by atoms with Crippen LogP contribution >= 0.6 is 0 Å². The molecule has 1 N–H and O–H groups in total. The van der Waals surface area contributed by atoms with Crippen LogP contribution in [0.1, 0.15) is 59.3 Å². The predicted molar refractivity (Wildman–Crippen MR) is 74.0 cm³/mol. The van der Waals surface area contributed by atoms with Crippen molar-refractivity contribution in [3.05, 3.63) is 0 Å². The normalized spacial score (nSPS) is 15.4. The van der Waals surface area contributed by atoms with Gasteiger partial charge in [0.15, 0.2) is 0 Å². The summed E-state index contributed by atoms with van der Waals surface area (Å²) < 4.78 is 0. The SMILES string of the molecule is CCCCCCC(C)(CC)NCCN(C)C. The van der Waals surface area contributed by atoms with Crippen LogP contribution in [-0.2, 0) is 0 Å². The number of rotatable bonds is 10. The van der Waals surface area contributed by atoms with E-state index in [1.165, 1.54) is 38.5 Å². The molecule has 0 amide bonds. The van der Waals surface area contributed by atoms with Crippen LogP contribution < -0.4 is 5.32 Å². The Morgan fingerprint density at radius 3 is 2.25 bits per heavy atom. The highest BCUT2D eigenvalue weighted by Gasteiger charge is 2.19. The minimum atomic E-state index is 0.351. The average Bonchev–Trinajstić information content (AvgIpc) is 2.24. The van der Waals surface area contributed by atoms with E-state index in [0.717, 1.165) is 13.1 Å². The molecular formula is C14H32N2. The second-order valence-corrected chi connectivity index (χ2v) is 5.45. The summed E-state index contributed by atoms with van der Waals surface area (Å²) in [5, 5.41) is 3.71. The van der Waals surface area contributed by atoms with E-state index in [1.54, 1.807) is 0 Å². The number of nitrogens with zero attached hydrogens (tertiary/aromatic N) is 1. The molecule has 0 aliphatic heterocycles. The predicted octanol–water partition coefficient (Wildman–Crippen LogP) is 3.28. The van der Waals surface area contributed by atoms with E-state index in [2.05, 4.69) is 45.1 Å². The minimum absolute atomic E-state index is 0.351. The van der Waals surface area contributed by atoms with Crippen molar-refractivity contribution in [1.29, 1.82) is 0 Å². The molecule has 0 heterocycles. The smallest absolute Gasteiger partial charge is 0.0151 e. The molecule has 0 aromatic rings. The summed E-state index contributed by atoms with van der Waals surface area (Å²) in [6.07, 6.45) is 8.02. The van der Waals surface area contributed by atoms with Gasteiger partial charge < -0.3 is 10.2 Å². The minimum Gasteiger partial charge on any atom is -0.310 e. The summed E-state index contributed by atoms with van der Waals surface area (Å²) in [6.45, 7) is 9.17. The number of unbranched alkanes of at least 4 members (excludes halogenated alkanes) is 3. The highest BCUT2D eigenvalue weighted by molar-refractivity contribution is 4.81. The van der Waals surface area contributed by atoms with E-state index < -0.39 is 0 Å². The van der Waals surface area contributed by atoms with Crippen LogP contribution in [0.15, 0.2) is 0 Å². The van der Waals surface area contributed by atoms with Crippen molar-refractivity contribution >= 4 is 0 Å². The Morgan fingerprint density at radius 2 is 1.75 bits per heavy atom. The molecule has 0 fully saturated rings. The van der Waals surface area contributed by atoms with Crippen LogP contribution in [0.5, 0.6) is 0 Å². The quantitative estimate of drug-likeness (QED) is 0.577. The number of hydrogen-bond acceptors (Lipinski definition) is 2. The zero-order valence-electron chi connectivity index (χ0n) is 12.1.